The van der Waals surface area contributed by atoms with E-state index >= 15 is 0 Å². The first-order valence-electron chi connectivity index (χ1n) is 8.34. The van der Waals surface area contributed by atoms with Crippen LogP contribution in [-0.2, 0) is 4.65 Å². The molecule has 1 atom stereocenters. The second-order valence-corrected chi connectivity index (χ2v) is 6.03. The van der Waals surface area contributed by atoms with Crippen LogP contribution in [0.1, 0.15) is 31.7 Å². The number of rotatable bonds is 7. The van der Waals surface area contributed by atoms with Crippen LogP contribution in [0.4, 0.5) is 0 Å². The Balaban J connectivity index is 2.07. The normalized spacial score (nSPS) is 18.5. The Labute approximate surface area is 143 Å². The summed E-state index contributed by atoms with van der Waals surface area (Å²) in [6, 6.07) is 7.16. The summed E-state index contributed by atoms with van der Waals surface area (Å²) in [5, 5.41) is 28.6. The number of phenolic OH excluding ortho intramolecular Hbond substituents is 1. The highest BCUT2D eigenvalue weighted by atomic mass is 16.5. The molecule has 1 aromatic rings. The molecule has 0 fully saturated rings. The first kappa shape index (κ1) is 18.5. The van der Waals surface area contributed by atoms with E-state index in [0.29, 0.717) is 18.3 Å². The lowest BCUT2D eigenvalue weighted by atomic mass is 9.78. The van der Waals surface area contributed by atoms with Crippen molar-refractivity contribution in [3.05, 3.63) is 59.2 Å². The zero-order valence-electron chi connectivity index (χ0n) is 14.1. The number of aliphatic hydroxyl groups is 1. The van der Waals surface area contributed by atoms with E-state index in [9.17, 15) is 15.2 Å². The molecular formula is C19H25BO4. The van der Waals surface area contributed by atoms with E-state index in [1.165, 1.54) is 5.57 Å². The van der Waals surface area contributed by atoms with Crippen LogP contribution in [-0.4, -0.2) is 35.1 Å². The van der Waals surface area contributed by atoms with Crippen LogP contribution in [0.3, 0.4) is 0 Å². The number of hydrogen-bond acceptors (Lipinski definition) is 4. The fourth-order valence-electron chi connectivity index (χ4n) is 2.88. The molecule has 2 rings (SSSR count). The number of allylic oxidation sites excluding steroid dienone is 2. The molecule has 1 unspecified atom stereocenters. The van der Waals surface area contributed by atoms with Gasteiger partial charge in [-0.25, -0.2) is 0 Å². The summed E-state index contributed by atoms with van der Waals surface area (Å²) in [6.45, 7) is 5.86. The number of phenols is 1. The molecule has 0 aliphatic carbocycles. The Hall–Kier alpha value is -1.82. The molecule has 1 aliphatic heterocycles. The monoisotopic (exact) mass is 328 g/mol. The lowest BCUT2D eigenvalue weighted by Gasteiger charge is -2.28. The highest BCUT2D eigenvalue weighted by Gasteiger charge is 2.27. The van der Waals surface area contributed by atoms with Crippen LogP contribution >= 0.6 is 0 Å². The second kappa shape index (κ2) is 8.88. The molecule has 5 heteroatoms. The second-order valence-electron chi connectivity index (χ2n) is 6.03. The van der Waals surface area contributed by atoms with Crippen molar-refractivity contribution in [2.24, 2.45) is 0 Å². The summed E-state index contributed by atoms with van der Waals surface area (Å²) in [4.78, 5) is 0. The van der Waals surface area contributed by atoms with Crippen LogP contribution in [0.2, 0.25) is 6.32 Å². The highest BCUT2D eigenvalue weighted by molar-refractivity contribution is 6.43. The van der Waals surface area contributed by atoms with E-state index in [-0.39, 0.29) is 18.5 Å². The van der Waals surface area contributed by atoms with Gasteiger partial charge in [0.15, 0.2) is 0 Å². The maximum Gasteiger partial charge on any atom is 0.458 e. The van der Waals surface area contributed by atoms with Gasteiger partial charge in [-0.15, -0.1) is 0 Å². The minimum absolute atomic E-state index is 0.110. The molecule has 4 nitrogen and oxygen atoms in total. The molecule has 3 N–H and O–H groups in total. The van der Waals surface area contributed by atoms with Crippen molar-refractivity contribution < 1.29 is 19.9 Å². The number of hydrogen-bond donors (Lipinski definition) is 3. The Morgan fingerprint density at radius 3 is 2.92 bits per heavy atom. The van der Waals surface area contributed by atoms with Crippen LogP contribution in [0, 0.1) is 0 Å². The van der Waals surface area contributed by atoms with Crippen LogP contribution < -0.4 is 0 Å². The van der Waals surface area contributed by atoms with Gasteiger partial charge in [-0.05, 0) is 48.1 Å². The number of aromatic hydroxyl groups is 1. The largest absolute Gasteiger partial charge is 0.508 e. The highest BCUT2D eigenvalue weighted by Crippen LogP contribution is 2.28. The average molecular weight is 328 g/mol. The first-order valence-corrected chi connectivity index (χ1v) is 8.34. The Bertz CT molecular complexity index is 636. The Kier molecular flexibility index (Phi) is 6.85. The molecule has 0 saturated carbocycles. The third-order valence-corrected chi connectivity index (χ3v) is 4.23. The molecule has 1 aromatic carbocycles. The molecule has 0 aromatic heterocycles. The van der Waals surface area contributed by atoms with E-state index in [0.717, 1.165) is 24.0 Å². The van der Waals surface area contributed by atoms with E-state index in [1.54, 1.807) is 12.1 Å². The standard InChI is InChI=1S/C19H25BO4/c1-3-15(11-16-5-4-6-17(22)12-16)7-8-19-18(14(2)13-21)9-10-20(23)24-19/h4-6,9,11-12,19,21-23H,2-3,7-8,10,13H2,1H3/b15-11+. The predicted octanol–water partition coefficient (Wildman–Crippen LogP) is 3.32. The minimum Gasteiger partial charge on any atom is -0.508 e. The Morgan fingerprint density at radius 1 is 1.46 bits per heavy atom. The maximum atomic E-state index is 9.74. The van der Waals surface area contributed by atoms with E-state index in [2.05, 4.69) is 19.6 Å². The SMILES string of the molecule is C=C(CO)C1=CCB(O)OC1CC/C(=C/c1cccc(O)c1)CC. The fourth-order valence-corrected chi connectivity index (χ4v) is 2.88. The van der Waals surface area contributed by atoms with Gasteiger partial charge in [-0.1, -0.05) is 43.4 Å². The molecule has 0 amide bonds. The van der Waals surface area contributed by atoms with Gasteiger partial charge in [-0.2, -0.15) is 0 Å². The van der Waals surface area contributed by atoms with Gasteiger partial charge < -0.3 is 19.9 Å². The smallest absolute Gasteiger partial charge is 0.458 e. The van der Waals surface area contributed by atoms with Crippen LogP contribution in [0.5, 0.6) is 5.75 Å². The van der Waals surface area contributed by atoms with E-state index in [4.69, 9.17) is 4.65 Å². The van der Waals surface area contributed by atoms with Crippen molar-refractivity contribution in [2.45, 2.75) is 38.6 Å². The van der Waals surface area contributed by atoms with Crippen molar-refractivity contribution in [3.63, 3.8) is 0 Å². The lowest BCUT2D eigenvalue weighted by Crippen LogP contribution is -2.32. The summed E-state index contributed by atoms with van der Waals surface area (Å²) in [5.74, 6) is 0.252. The third kappa shape index (κ3) is 5.10. The molecule has 0 radical (unpaired) electrons. The average Bonchev–Trinajstić information content (AvgIpc) is 2.58. The molecule has 0 spiro atoms. The molecular weight excluding hydrogens is 303 g/mol. The summed E-state index contributed by atoms with van der Waals surface area (Å²) in [6.07, 6.45) is 6.55. The van der Waals surface area contributed by atoms with Crippen molar-refractivity contribution in [3.8, 4) is 5.75 Å². The fraction of sp³-hybridized carbons (Fsp3) is 0.368. The Morgan fingerprint density at radius 2 is 2.25 bits per heavy atom. The summed E-state index contributed by atoms with van der Waals surface area (Å²) < 4.78 is 5.63. The minimum atomic E-state index is -0.801. The first-order chi connectivity index (χ1) is 11.5. The van der Waals surface area contributed by atoms with Gasteiger partial charge in [0.05, 0.1) is 12.7 Å². The zero-order valence-corrected chi connectivity index (χ0v) is 14.1. The molecule has 0 saturated heterocycles. The summed E-state index contributed by atoms with van der Waals surface area (Å²) in [5.41, 5.74) is 3.72. The summed E-state index contributed by atoms with van der Waals surface area (Å²) in [7, 11) is -0.801. The molecule has 128 valence electrons. The molecule has 1 heterocycles. The van der Waals surface area contributed by atoms with Crippen molar-refractivity contribution in [1.29, 1.82) is 0 Å². The van der Waals surface area contributed by atoms with Crippen molar-refractivity contribution >= 4 is 13.2 Å². The third-order valence-electron chi connectivity index (χ3n) is 4.23. The van der Waals surface area contributed by atoms with Gasteiger partial charge in [0.25, 0.3) is 0 Å². The van der Waals surface area contributed by atoms with Crippen molar-refractivity contribution in [2.75, 3.05) is 6.61 Å². The maximum absolute atomic E-state index is 9.74. The van der Waals surface area contributed by atoms with Gasteiger partial charge in [0, 0.05) is 6.32 Å². The van der Waals surface area contributed by atoms with E-state index < -0.39 is 7.12 Å². The van der Waals surface area contributed by atoms with Gasteiger partial charge in [0.1, 0.15) is 5.75 Å². The number of benzene rings is 1. The van der Waals surface area contributed by atoms with Gasteiger partial charge in [0.2, 0.25) is 0 Å². The molecule has 24 heavy (non-hydrogen) atoms. The van der Waals surface area contributed by atoms with Gasteiger partial charge >= 0.3 is 7.12 Å². The molecule has 0 bridgehead atoms. The van der Waals surface area contributed by atoms with Crippen LogP contribution in [0.15, 0.2) is 53.6 Å². The van der Waals surface area contributed by atoms with Crippen molar-refractivity contribution in [1.82, 2.24) is 0 Å². The van der Waals surface area contributed by atoms with Crippen LogP contribution in [0.25, 0.3) is 6.08 Å². The zero-order chi connectivity index (χ0) is 17.5. The van der Waals surface area contributed by atoms with E-state index in [1.807, 2.05) is 18.2 Å². The summed E-state index contributed by atoms with van der Waals surface area (Å²) >= 11 is 0. The molecule has 1 aliphatic rings. The van der Waals surface area contributed by atoms with Gasteiger partial charge in [-0.3, -0.25) is 0 Å². The lowest BCUT2D eigenvalue weighted by molar-refractivity contribution is 0.180. The number of aliphatic hydroxyl groups excluding tert-OH is 1. The quantitative estimate of drug-likeness (QED) is 0.672. The topological polar surface area (TPSA) is 69.9 Å². The predicted molar refractivity (Wildman–Crippen MR) is 97.6 cm³/mol.